The highest BCUT2D eigenvalue weighted by atomic mass is 15.4. The van der Waals surface area contributed by atoms with Crippen molar-refractivity contribution in [2.45, 2.75) is 44.2 Å². The van der Waals surface area contributed by atoms with Crippen molar-refractivity contribution in [1.82, 2.24) is 10.9 Å². The van der Waals surface area contributed by atoms with Crippen molar-refractivity contribution in [1.29, 1.82) is 0 Å². The number of hydrazine groups is 1. The standard InChI is InChI=1S/C20H24N4/c1-3-9-16(10-4-1)15-21-24-19-20(13-7-2-8-14-20)23-18-12-6-5-11-17(18)22-19/h1,3-6,9-12,21,23H,2,7-8,13-15H2,(H,22,24). The molecule has 4 heteroatoms. The molecular formula is C20H24N4. The van der Waals surface area contributed by atoms with Crippen molar-refractivity contribution in [3.63, 3.8) is 0 Å². The van der Waals surface area contributed by atoms with Crippen LogP contribution in [0.15, 0.2) is 59.6 Å². The molecule has 0 unspecified atom stereocenters. The van der Waals surface area contributed by atoms with Crippen molar-refractivity contribution < 1.29 is 0 Å². The molecule has 1 aliphatic heterocycles. The van der Waals surface area contributed by atoms with Gasteiger partial charge in [-0.1, -0.05) is 61.7 Å². The van der Waals surface area contributed by atoms with Gasteiger partial charge in [0.2, 0.25) is 0 Å². The number of para-hydroxylation sites is 2. The zero-order valence-electron chi connectivity index (χ0n) is 13.9. The molecule has 0 amide bonds. The van der Waals surface area contributed by atoms with Gasteiger partial charge in [0.25, 0.3) is 0 Å². The number of aliphatic imine (C=N–C) groups is 1. The zero-order valence-corrected chi connectivity index (χ0v) is 13.9. The normalized spacial score (nSPS) is 18.4. The Kier molecular flexibility index (Phi) is 4.22. The molecule has 2 aromatic rings. The number of rotatable bonds is 3. The largest absolute Gasteiger partial charge is 0.371 e. The number of nitrogens with zero attached hydrogens (tertiary/aromatic N) is 1. The van der Waals surface area contributed by atoms with Gasteiger partial charge in [-0.25, -0.2) is 10.4 Å². The predicted octanol–water partition coefficient (Wildman–Crippen LogP) is 4.14. The van der Waals surface area contributed by atoms with E-state index in [4.69, 9.17) is 4.99 Å². The molecule has 0 aromatic heterocycles. The molecule has 1 fully saturated rings. The third-order valence-electron chi connectivity index (χ3n) is 5.01. The first-order valence-electron chi connectivity index (χ1n) is 8.85. The average Bonchev–Trinajstić information content (AvgIpc) is 2.64. The maximum absolute atomic E-state index is 4.93. The first kappa shape index (κ1) is 15.2. The lowest BCUT2D eigenvalue weighted by molar-refractivity contribution is 0.391. The molecule has 124 valence electrons. The van der Waals surface area contributed by atoms with E-state index in [-0.39, 0.29) is 5.54 Å². The molecule has 1 aliphatic carbocycles. The summed E-state index contributed by atoms with van der Waals surface area (Å²) in [6, 6.07) is 18.7. The van der Waals surface area contributed by atoms with Gasteiger partial charge >= 0.3 is 0 Å². The Hall–Kier alpha value is -2.33. The van der Waals surface area contributed by atoms with Gasteiger partial charge < -0.3 is 10.7 Å². The molecule has 1 spiro atoms. The molecule has 0 saturated heterocycles. The Bertz CT molecular complexity index is 717. The molecule has 0 bridgehead atoms. The van der Waals surface area contributed by atoms with Gasteiger partial charge in [0, 0.05) is 6.54 Å². The molecule has 3 N–H and O–H groups in total. The Morgan fingerprint density at radius 3 is 2.50 bits per heavy atom. The van der Waals surface area contributed by atoms with E-state index < -0.39 is 0 Å². The Morgan fingerprint density at radius 2 is 1.67 bits per heavy atom. The van der Waals surface area contributed by atoms with Crippen LogP contribution in [0.2, 0.25) is 0 Å². The molecule has 4 nitrogen and oxygen atoms in total. The second-order valence-electron chi connectivity index (χ2n) is 6.71. The summed E-state index contributed by atoms with van der Waals surface area (Å²) in [7, 11) is 0. The van der Waals surface area contributed by atoms with Crippen LogP contribution in [0.3, 0.4) is 0 Å². The van der Waals surface area contributed by atoms with Gasteiger partial charge in [-0.05, 0) is 30.5 Å². The van der Waals surface area contributed by atoms with Crippen LogP contribution in [0, 0.1) is 0 Å². The van der Waals surface area contributed by atoms with Gasteiger partial charge in [-0.2, -0.15) is 0 Å². The summed E-state index contributed by atoms with van der Waals surface area (Å²) < 4.78 is 0. The second-order valence-corrected chi connectivity index (χ2v) is 6.71. The number of hydrogen-bond donors (Lipinski definition) is 3. The molecule has 1 saturated carbocycles. The van der Waals surface area contributed by atoms with Crippen molar-refractivity contribution in [2.75, 3.05) is 5.32 Å². The molecule has 0 atom stereocenters. The number of amidine groups is 1. The first-order chi connectivity index (χ1) is 11.9. The van der Waals surface area contributed by atoms with Crippen LogP contribution in [0.1, 0.15) is 37.7 Å². The number of fused-ring (bicyclic) bond motifs is 1. The van der Waals surface area contributed by atoms with Crippen LogP contribution in [0.4, 0.5) is 11.4 Å². The highest BCUT2D eigenvalue weighted by Crippen LogP contribution is 2.39. The summed E-state index contributed by atoms with van der Waals surface area (Å²) in [6.45, 7) is 0.775. The maximum Gasteiger partial charge on any atom is 0.142 e. The van der Waals surface area contributed by atoms with Gasteiger partial charge in [-0.3, -0.25) is 0 Å². The van der Waals surface area contributed by atoms with Crippen molar-refractivity contribution >= 4 is 17.2 Å². The number of anilines is 1. The lowest BCUT2D eigenvalue weighted by Crippen LogP contribution is -2.57. The summed E-state index contributed by atoms with van der Waals surface area (Å²) in [5.74, 6) is 1.02. The maximum atomic E-state index is 4.93. The van der Waals surface area contributed by atoms with Crippen LogP contribution >= 0.6 is 0 Å². The minimum absolute atomic E-state index is 0.0592. The van der Waals surface area contributed by atoms with E-state index in [0.29, 0.717) is 0 Å². The molecule has 4 rings (SSSR count). The third kappa shape index (κ3) is 3.02. The van der Waals surface area contributed by atoms with E-state index in [0.717, 1.165) is 36.6 Å². The van der Waals surface area contributed by atoms with Gasteiger partial charge in [0.15, 0.2) is 0 Å². The minimum atomic E-state index is -0.0592. The second kappa shape index (κ2) is 6.65. The average molecular weight is 320 g/mol. The quantitative estimate of drug-likeness (QED) is 0.745. The van der Waals surface area contributed by atoms with Crippen LogP contribution in [0.25, 0.3) is 0 Å². The molecule has 1 heterocycles. The van der Waals surface area contributed by atoms with Crippen molar-refractivity contribution in [3.05, 3.63) is 60.2 Å². The van der Waals surface area contributed by atoms with Crippen LogP contribution in [0.5, 0.6) is 0 Å². The molecule has 0 radical (unpaired) electrons. The third-order valence-corrected chi connectivity index (χ3v) is 5.01. The van der Waals surface area contributed by atoms with Gasteiger partial charge in [-0.15, -0.1) is 0 Å². The Morgan fingerprint density at radius 1 is 0.917 bits per heavy atom. The number of hydrogen-bond acceptors (Lipinski definition) is 4. The monoisotopic (exact) mass is 320 g/mol. The number of benzene rings is 2. The fourth-order valence-corrected chi connectivity index (χ4v) is 3.71. The van der Waals surface area contributed by atoms with E-state index in [9.17, 15) is 0 Å². The first-order valence-corrected chi connectivity index (χ1v) is 8.85. The van der Waals surface area contributed by atoms with Crippen LogP contribution in [-0.4, -0.2) is 11.4 Å². The predicted molar refractivity (Wildman–Crippen MR) is 99.4 cm³/mol. The topological polar surface area (TPSA) is 48.5 Å². The Labute approximate surface area is 143 Å². The van der Waals surface area contributed by atoms with Crippen LogP contribution < -0.4 is 16.2 Å². The van der Waals surface area contributed by atoms with E-state index in [1.54, 1.807) is 0 Å². The van der Waals surface area contributed by atoms with Crippen molar-refractivity contribution in [3.8, 4) is 0 Å². The smallest absolute Gasteiger partial charge is 0.142 e. The fourth-order valence-electron chi connectivity index (χ4n) is 3.71. The lowest BCUT2D eigenvalue weighted by Gasteiger charge is -2.42. The SMILES string of the molecule is c1ccc(CNNC2=Nc3ccccc3NC23CCCCC3)cc1. The number of nitrogens with one attached hydrogen (secondary N) is 3. The summed E-state index contributed by atoms with van der Waals surface area (Å²) in [4.78, 5) is 4.93. The highest BCUT2D eigenvalue weighted by molar-refractivity contribution is 6.00. The van der Waals surface area contributed by atoms with E-state index >= 15 is 0 Å². The highest BCUT2D eigenvalue weighted by Gasteiger charge is 2.40. The summed E-state index contributed by atoms with van der Waals surface area (Å²) in [5, 5.41) is 3.78. The Balaban J connectivity index is 1.54. The molecule has 24 heavy (non-hydrogen) atoms. The molecule has 2 aromatic carbocycles. The van der Waals surface area contributed by atoms with E-state index in [2.05, 4.69) is 58.6 Å². The summed E-state index contributed by atoms with van der Waals surface area (Å²) >= 11 is 0. The fraction of sp³-hybridized carbons (Fsp3) is 0.350. The van der Waals surface area contributed by atoms with Gasteiger partial charge in [0.1, 0.15) is 5.84 Å². The van der Waals surface area contributed by atoms with Crippen LogP contribution in [-0.2, 0) is 6.54 Å². The summed E-state index contributed by atoms with van der Waals surface area (Å²) in [5.41, 5.74) is 10.1. The molecule has 2 aliphatic rings. The van der Waals surface area contributed by atoms with Gasteiger partial charge in [0.05, 0.1) is 16.9 Å². The minimum Gasteiger partial charge on any atom is -0.371 e. The van der Waals surface area contributed by atoms with Crippen molar-refractivity contribution in [2.24, 2.45) is 4.99 Å². The molecular weight excluding hydrogens is 296 g/mol. The lowest BCUT2D eigenvalue weighted by atomic mass is 9.79. The van der Waals surface area contributed by atoms with E-state index in [1.165, 1.54) is 24.8 Å². The zero-order chi connectivity index (χ0) is 16.2. The van der Waals surface area contributed by atoms with E-state index in [1.807, 2.05) is 12.1 Å². The summed E-state index contributed by atoms with van der Waals surface area (Å²) in [6.07, 6.45) is 6.05.